The SMILES string of the molecule is CCNC(=NCc1c(C)nn(C)c1C)NC1CCN(c2ccc(Br)cc2)C1.I. The highest BCUT2D eigenvalue weighted by atomic mass is 127. The molecule has 1 aromatic heterocycles. The molecule has 2 heterocycles. The number of aryl methyl sites for hydroxylation is 2. The van der Waals surface area contributed by atoms with Gasteiger partial charge in [-0.1, -0.05) is 15.9 Å². The van der Waals surface area contributed by atoms with Crippen molar-refractivity contribution in [3.05, 3.63) is 45.7 Å². The second kappa shape index (κ2) is 10.5. The molecule has 1 aromatic carbocycles. The predicted molar refractivity (Wildman–Crippen MR) is 131 cm³/mol. The minimum Gasteiger partial charge on any atom is -0.369 e. The van der Waals surface area contributed by atoms with E-state index in [2.05, 4.69) is 74.7 Å². The zero-order valence-corrected chi connectivity index (χ0v) is 20.9. The molecular weight excluding hydrogens is 531 g/mol. The zero-order valence-electron chi connectivity index (χ0n) is 17.0. The van der Waals surface area contributed by atoms with Crippen LogP contribution in [0.3, 0.4) is 0 Å². The lowest BCUT2D eigenvalue weighted by atomic mass is 10.2. The van der Waals surface area contributed by atoms with E-state index in [1.165, 1.54) is 16.9 Å². The lowest BCUT2D eigenvalue weighted by molar-refractivity contribution is 0.649. The summed E-state index contributed by atoms with van der Waals surface area (Å²) in [5.74, 6) is 0.878. The van der Waals surface area contributed by atoms with Gasteiger partial charge in [0.05, 0.1) is 12.2 Å². The quantitative estimate of drug-likeness (QED) is 0.332. The van der Waals surface area contributed by atoms with Gasteiger partial charge in [-0.15, -0.1) is 24.0 Å². The molecule has 0 saturated carbocycles. The molecule has 2 N–H and O–H groups in total. The summed E-state index contributed by atoms with van der Waals surface area (Å²) in [5.41, 5.74) is 4.70. The molecule has 8 heteroatoms. The van der Waals surface area contributed by atoms with Crippen LogP contribution < -0.4 is 15.5 Å². The van der Waals surface area contributed by atoms with Crippen LogP contribution in [-0.2, 0) is 13.6 Å². The predicted octanol–water partition coefficient (Wildman–Crippen LogP) is 3.75. The van der Waals surface area contributed by atoms with Crippen molar-refractivity contribution in [2.24, 2.45) is 12.0 Å². The molecule has 1 atom stereocenters. The Labute approximate surface area is 193 Å². The number of aliphatic imine (C=N–C) groups is 1. The number of rotatable bonds is 5. The molecule has 1 aliphatic heterocycles. The fourth-order valence-corrected chi connectivity index (χ4v) is 3.75. The zero-order chi connectivity index (χ0) is 19.4. The van der Waals surface area contributed by atoms with Gasteiger partial charge in [-0.2, -0.15) is 5.10 Å². The number of guanidine groups is 1. The highest BCUT2D eigenvalue weighted by Gasteiger charge is 2.23. The molecule has 0 aliphatic carbocycles. The van der Waals surface area contributed by atoms with Crippen LogP contribution in [0.15, 0.2) is 33.7 Å². The van der Waals surface area contributed by atoms with Crippen molar-refractivity contribution in [3.63, 3.8) is 0 Å². The third-order valence-corrected chi connectivity index (χ3v) is 5.65. The van der Waals surface area contributed by atoms with Gasteiger partial charge in [-0.25, -0.2) is 4.99 Å². The maximum atomic E-state index is 4.81. The number of nitrogens with one attached hydrogen (secondary N) is 2. The van der Waals surface area contributed by atoms with E-state index in [-0.39, 0.29) is 24.0 Å². The van der Waals surface area contributed by atoms with Crippen molar-refractivity contribution in [2.75, 3.05) is 24.5 Å². The smallest absolute Gasteiger partial charge is 0.191 e. The summed E-state index contributed by atoms with van der Waals surface area (Å²) < 4.78 is 3.04. The number of anilines is 1. The van der Waals surface area contributed by atoms with E-state index in [0.717, 1.165) is 42.2 Å². The first-order valence-corrected chi connectivity index (χ1v) is 10.3. The summed E-state index contributed by atoms with van der Waals surface area (Å²) in [6, 6.07) is 8.92. The van der Waals surface area contributed by atoms with Gasteiger partial charge < -0.3 is 15.5 Å². The van der Waals surface area contributed by atoms with Crippen LogP contribution in [0.5, 0.6) is 0 Å². The summed E-state index contributed by atoms with van der Waals surface area (Å²) in [5, 5.41) is 11.5. The van der Waals surface area contributed by atoms with Gasteiger partial charge in [0.25, 0.3) is 0 Å². The second-order valence-electron chi connectivity index (χ2n) is 7.02. The summed E-state index contributed by atoms with van der Waals surface area (Å²) in [6.07, 6.45) is 1.10. The standard InChI is InChI=1S/C20H29BrN6.HI/c1-5-22-20(23-12-19-14(2)25-26(4)15(19)3)24-17-10-11-27(13-17)18-8-6-16(21)7-9-18;/h6-9,17H,5,10-13H2,1-4H3,(H2,22,23,24);1H. The fraction of sp³-hybridized carbons (Fsp3) is 0.500. The van der Waals surface area contributed by atoms with Gasteiger partial charge in [-0.05, 0) is 51.5 Å². The van der Waals surface area contributed by atoms with E-state index in [0.29, 0.717) is 12.6 Å². The Morgan fingerprint density at radius 1 is 1.29 bits per heavy atom. The van der Waals surface area contributed by atoms with Gasteiger partial charge in [0, 0.05) is 54.1 Å². The lowest BCUT2D eigenvalue weighted by Crippen LogP contribution is -2.44. The summed E-state index contributed by atoms with van der Waals surface area (Å²) in [7, 11) is 1.98. The van der Waals surface area contributed by atoms with E-state index < -0.39 is 0 Å². The van der Waals surface area contributed by atoms with Gasteiger partial charge in [0.2, 0.25) is 0 Å². The minimum absolute atomic E-state index is 0. The van der Waals surface area contributed by atoms with Gasteiger partial charge in [-0.3, -0.25) is 4.68 Å². The maximum absolute atomic E-state index is 4.81. The monoisotopic (exact) mass is 560 g/mol. The Morgan fingerprint density at radius 2 is 2.00 bits per heavy atom. The van der Waals surface area contributed by atoms with Crippen molar-refractivity contribution in [1.29, 1.82) is 0 Å². The summed E-state index contributed by atoms with van der Waals surface area (Å²) >= 11 is 3.50. The highest BCUT2D eigenvalue weighted by Crippen LogP contribution is 2.22. The van der Waals surface area contributed by atoms with Crippen LogP contribution in [0.4, 0.5) is 5.69 Å². The van der Waals surface area contributed by atoms with E-state index in [1.54, 1.807) is 0 Å². The Bertz CT molecular complexity index is 802. The number of hydrogen-bond donors (Lipinski definition) is 2. The Morgan fingerprint density at radius 3 is 2.61 bits per heavy atom. The molecule has 0 bridgehead atoms. The Hall–Kier alpha value is -1.29. The third-order valence-electron chi connectivity index (χ3n) is 5.12. The summed E-state index contributed by atoms with van der Waals surface area (Å²) in [4.78, 5) is 7.23. The number of benzene rings is 1. The molecule has 6 nitrogen and oxygen atoms in total. The number of halogens is 2. The van der Waals surface area contributed by atoms with E-state index >= 15 is 0 Å². The van der Waals surface area contributed by atoms with Crippen molar-refractivity contribution < 1.29 is 0 Å². The molecule has 0 amide bonds. The van der Waals surface area contributed by atoms with Gasteiger partial charge in [0.15, 0.2) is 5.96 Å². The van der Waals surface area contributed by atoms with Crippen LogP contribution in [-0.4, -0.2) is 41.4 Å². The first-order valence-electron chi connectivity index (χ1n) is 9.52. The highest BCUT2D eigenvalue weighted by molar-refractivity contribution is 14.0. The van der Waals surface area contributed by atoms with Crippen LogP contribution in [0.2, 0.25) is 0 Å². The topological polar surface area (TPSA) is 57.5 Å². The van der Waals surface area contributed by atoms with Gasteiger partial charge >= 0.3 is 0 Å². The molecule has 28 heavy (non-hydrogen) atoms. The lowest BCUT2D eigenvalue weighted by Gasteiger charge is -2.20. The molecular formula is C20H30BrIN6. The Balaban J connectivity index is 0.00000280. The molecule has 1 unspecified atom stereocenters. The first kappa shape index (κ1) is 23.0. The average Bonchev–Trinajstić information content (AvgIpc) is 3.19. The molecule has 2 aromatic rings. The van der Waals surface area contributed by atoms with Gasteiger partial charge in [0.1, 0.15) is 0 Å². The molecule has 3 rings (SSSR count). The maximum Gasteiger partial charge on any atom is 0.191 e. The average molecular weight is 561 g/mol. The Kier molecular flexibility index (Phi) is 8.60. The summed E-state index contributed by atoms with van der Waals surface area (Å²) in [6.45, 7) is 9.77. The van der Waals surface area contributed by atoms with Crippen molar-refractivity contribution in [2.45, 2.75) is 39.8 Å². The third kappa shape index (κ3) is 5.62. The van der Waals surface area contributed by atoms with Crippen LogP contribution in [0.1, 0.15) is 30.3 Å². The second-order valence-corrected chi connectivity index (χ2v) is 7.94. The minimum atomic E-state index is 0. The molecule has 1 aliphatic rings. The molecule has 0 radical (unpaired) electrons. The number of hydrogen-bond acceptors (Lipinski definition) is 3. The molecule has 154 valence electrons. The van der Waals surface area contributed by atoms with Crippen LogP contribution >= 0.6 is 39.9 Å². The normalized spacial score (nSPS) is 16.8. The van der Waals surface area contributed by atoms with E-state index in [4.69, 9.17) is 4.99 Å². The van der Waals surface area contributed by atoms with Crippen molar-refractivity contribution in [1.82, 2.24) is 20.4 Å². The van der Waals surface area contributed by atoms with Crippen molar-refractivity contribution in [3.8, 4) is 0 Å². The molecule has 1 saturated heterocycles. The number of nitrogens with zero attached hydrogens (tertiary/aromatic N) is 4. The van der Waals surface area contributed by atoms with Crippen LogP contribution in [0, 0.1) is 13.8 Å². The fourth-order valence-electron chi connectivity index (χ4n) is 3.48. The van der Waals surface area contributed by atoms with E-state index in [9.17, 15) is 0 Å². The van der Waals surface area contributed by atoms with Crippen molar-refractivity contribution >= 4 is 51.6 Å². The number of aromatic nitrogens is 2. The molecule has 1 fully saturated rings. The van der Waals surface area contributed by atoms with E-state index in [1.807, 2.05) is 18.7 Å². The first-order chi connectivity index (χ1) is 13.0. The largest absolute Gasteiger partial charge is 0.369 e. The van der Waals surface area contributed by atoms with Crippen LogP contribution in [0.25, 0.3) is 0 Å². The molecule has 0 spiro atoms.